The summed E-state index contributed by atoms with van der Waals surface area (Å²) in [5.41, 5.74) is 6.22. The van der Waals surface area contributed by atoms with Crippen LogP contribution in [0.1, 0.15) is 10.4 Å². The monoisotopic (exact) mass is 340 g/mol. The van der Waals surface area contributed by atoms with E-state index in [1.807, 2.05) is 23.6 Å². The zero-order valence-corrected chi connectivity index (χ0v) is 12.4. The third-order valence-corrected chi connectivity index (χ3v) is 4.12. The molecule has 0 aliphatic heterocycles. The van der Waals surface area contributed by atoms with Gasteiger partial charge in [-0.15, -0.1) is 11.3 Å². The molecule has 1 aromatic carbocycles. The first-order valence-corrected chi connectivity index (χ1v) is 7.31. The van der Waals surface area contributed by atoms with Crippen LogP contribution in [0.5, 0.6) is 5.75 Å². The van der Waals surface area contributed by atoms with Crippen molar-refractivity contribution in [2.45, 2.75) is 6.42 Å². The molecule has 0 bridgehead atoms. The number of thiophene rings is 1. The van der Waals surface area contributed by atoms with E-state index in [4.69, 9.17) is 15.7 Å². The van der Waals surface area contributed by atoms with Crippen molar-refractivity contribution in [3.63, 3.8) is 0 Å². The van der Waals surface area contributed by atoms with E-state index in [1.165, 1.54) is 4.88 Å². The van der Waals surface area contributed by atoms with E-state index in [0.29, 0.717) is 17.9 Å². The Labute approximate surface area is 123 Å². The smallest absolute Gasteiger partial charge is 0.174 e. The van der Waals surface area contributed by atoms with Gasteiger partial charge in [0, 0.05) is 15.8 Å². The van der Waals surface area contributed by atoms with Gasteiger partial charge in [-0.25, -0.2) is 0 Å². The predicted molar refractivity (Wildman–Crippen MR) is 80.2 cm³/mol. The molecule has 0 saturated heterocycles. The number of rotatable bonds is 5. The molecule has 3 N–H and O–H groups in total. The number of benzene rings is 1. The van der Waals surface area contributed by atoms with E-state index < -0.39 is 0 Å². The van der Waals surface area contributed by atoms with Crippen molar-refractivity contribution in [1.29, 1.82) is 0 Å². The van der Waals surface area contributed by atoms with E-state index >= 15 is 0 Å². The second-order valence-electron chi connectivity index (χ2n) is 3.78. The first kappa shape index (κ1) is 13.9. The van der Waals surface area contributed by atoms with Crippen LogP contribution in [0.4, 0.5) is 0 Å². The lowest BCUT2D eigenvalue weighted by Crippen LogP contribution is -2.16. The maximum atomic E-state index is 8.80. The van der Waals surface area contributed by atoms with E-state index in [1.54, 1.807) is 17.4 Å². The Morgan fingerprint density at radius 3 is 2.89 bits per heavy atom. The fourth-order valence-electron chi connectivity index (χ4n) is 1.64. The van der Waals surface area contributed by atoms with Crippen LogP contribution in [0.2, 0.25) is 0 Å². The molecule has 0 aliphatic carbocycles. The second-order valence-corrected chi connectivity index (χ2v) is 5.66. The minimum absolute atomic E-state index is 0.0265. The highest BCUT2D eigenvalue weighted by atomic mass is 79.9. The molecule has 1 aromatic heterocycles. The van der Waals surface area contributed by atoms with Crippen molar-refractivity contribution < 1.29 is 9.94 Å². The van der Waals surface area contributed by atoms with E-state index in [-0.39, 0.29) is 5.84 Å². The van der Waals surface area contributed by atoms with Crippen LogP contribution in [0.25, 0.3) is 0 Å². The average molecular weight is 341 g/mol. The molecule has 0 amide bonds. The number of ether oxygens (including phenoxy) is 1. The SMILES string of the molecule is N/C(=N/O)c1c(Br)cccc1OCCc1cccs1. The normalized spacial score (nSPS) is 11.5. The zero-order chi connectivity index (χ0) is 13.7. The molecule has 0 radical (unpaired) electrons. The van der Waals surface area contributed by atoms with Gasteiger partial charge in [-0.2, -0.15) is 0 Å². The standard InChI is InChI=1S/C13H13BrN2O2S/c14-10-4-1-5-11(12(10)13(15)16-17)18-7-6-9-3-2-8-19-9/h1-5,8,17H,6-7H2,(H2,15,16). The molecule has 0 unspecified atom stereocenters. The van der Waals surface area contributed by atoms with Crippen molar-refractivity contribution >= 4 is 33.1 Å². The Bertz CT molecular complexity index is 570. The molecule has 0 spiro atoms. The maximum absolute atomic E-state index is 8.80. The molecule has 6 heteroatoms. The topological polar surface area (TPSA) is 67.8 Å². The van der Waals surface area contributed by atoms with E-state index in [0.717, 1.165) is 10.9 Å². The summed E-state index contributed by atoms with van der Waals surface area (Å²) in [4.78, 5) is 1.26. The van der Waals surface area contributed by atoms with Crippen LogP contribution in [-0.2, 0) is 6.42 Å². The molecular formula is C13H13BrN2O2S. The molecule has 1 heterocycles. The van der Waals surface area contributed by atoms with E-state index in [9.17, 15) is 0 Å². The predicted octanol–water partition coefficient (Wildman–Crippen LogP) is 3.23. The van der Waals surface area contributed by atoms with Crippen LogP contribution in [0.3, 0.4) is 0 Å². The largest absolute Gasteiger partial charge is 0.492 e. The molecule has 4 nitrogen and oxygen atoms in total. The summed E-state index contributed by atoms with van der Waals surface area (Å²) in [6.07, 6.45) is 0.833. The van der Waals surface area contributed by atoms with Crippen molar-refractivity contribution in [2.75, 3.05) is 6.61 Å². The summed E-state index contributed by atoms with van der Waals surface area (Å²) in [7, 11) is 0. The van der Waals surface area contributed by atoms with Gasteiger partial charge in [0.2, 0.25) is 0 Å². The first-order chi connectivity index (χ1) is 9.22. The van der Waals surface area contributed by atoms with Gasteiger partial charge in [0.25, 0.3) is 0 Å². The maximum Gasteiger partial charge on any atom is 0.174 e. The third kappa shape index (κ3) is 3.48. The highest BCUT2D eigenvalue weighted by molar-refractivity contribution is 9.10. The van der Waals surface area contributed by atoms with Crippen molar-refractivity contribution in [1.82, 2.24) is 0 Å². The number of nitrogens with two attached hydrogens (primary N) is 1. The fraction of sp³-hybridized carbons (Fsp3) is 0.154. The number of halogens is 1. The van der Waals surface area contributed by atoms with Gasteiger partial charge in [0.1, 0.15) is 5.75 Å². The Balaban J connectivity index is 2.09. The fourth-order valence-corrected chi connectivity index (χ4v) is 2.88. The van der Waals surface area contributed by atoms with Gasteiger partial charge in [-0.3, -0.25) is 0 Å². The summed E-state index contributed by atoms with van der Waals surface area (Å²) in [5, 5.41) is 13.9. The van der Waals surface area contributed by atoms with Gasteiger partial charge >= 0.3 is 0 Å². The first-order valence-electron chi connectivity index (χ1n) is 5.64. The number of hydrogen-bond acceptors (Lipinski definition) is 4. The molecule has 0 fully saturated rings. The highest BCUT2D eigenvalue weighted by Crippen LogP contribution is 2.26. The van der Waals surface area contributed by atoms with Crippen LogP contribution in [0.15, 0.2) is 45.3 Å². The molecule has 2 aromatic rings. The molecule has 0 atom stereocenters. The van der Waals surface area contributed by atoms with Crippen molar-refractivity contribution in [3.05, 3.63) is 50.6 Å². The summed E-state index contributed by atoms with van der Waals surface area (Å²) < 4.78 is 6.45. The van der Waals surface area contributed by atoms with Gasteiger partial charge in [0.05, 0.1) is 12.2 Å². The van der Waals surface area contributed by atoms with Crippen molar-refractivity contribution in [2.24, 2.45) is 10.9 Å². The second kappa shape index (κ2) is 6.58. The van der Waals surface area contributed by atoms with Crippen molar-refractivity contribution in [3.8, 4) is 5.75 Å². The number of nitrogens with zero attached hydrogens (tertiary/aromatic N) is 1. The number of hydrogen-bond donors (Lipinski definition) is 2. The lowest BCUT2D eigenvalue weighted by Gasteiger charge is -2.11. The summed E-state index contributed by atoms with van der Waals surface area (Å²) in [6.45, 7) is 0.544. The summed E-state index contributed by atoms with van der Waals surface area (Å²) >= 11 is 5.07. The molecule has 0 saturated carbocycles. The Morgan fingerprint density at radius 1 is 1.37 bits per heavy atom. The van der Waals surface area contributed by atoms with Crippen LogP contribution in [0, 0.1) is 0 Å². The van der Waals surface area contributed by atoms with E-state index in [2.05, 4.69) is 27.2 Å². The van der Waals surface area contributed by atoms with Gasteiger partial charge < -0.3 is 15.7 Å². The Morgan fingerprint density at radius 2 is 2.21 bits per heavy atom. The average Bonchev–Trinajstić information content (AvgIpc) is 2.91. The third-order valence-electron chi connectivity index (χ3n) is 2.53. The number of oxime groups is 1. The quantitative estimate of drug-likeness (QED) is 0.380. The molecule has 100 valence electrons. The lowest BCUT2D eigenvalue weighted by molar-refractivity contribution is 0.314. The molecule has 19 heavy (non-hydrogen) atoms. The summed E-state index contributed by atoms with van der Waals surface area (Å²) in [5.74, 6) is 0.625. The van der Waals surface area contributed by atoms with Gasteiger partial charge in [0.15, 0.2) is 5.84 Å². The Hall–Kier alpha value is -1.53. The van der Waals surface area contributed by atoms with Crippen LogP contribution >= 0.6 is 27.3 Å². The van der Waals surface area contributed by atoms with Crippen LogP contribution < -0.4 is 10.5 Å². The highest BCUT2D eigenvalue weighted by Gasteiger charge is 2.12. The minimum atomic E-state index is 0.0265. The molecule has 0 aliphatic rings. The lowest BCUT2D eigenvalue weighted by atomic mass is 10.2. The van der Waals surface area contributed by atoms with Crippen LogP contribution in [-0.4, -0.2) is 17.6 Å². The minimum Gasteiger partial charge on any atom is -0.492 e. The Kier molecular flexibility index (Phi) is 4.81. The summed E-state index contributed by atoms with van der Waals surface area (Å²) in [6, 6.07) is 9.55. The number of amidine groups is 1. The molecule has 2 rings (SSSR count). The van der Waals surface area contributed by atoms with Gasteiger partial charge in [-0.1, -0.05) is 17.3 Å². The molecular weight excluding hydrogens is 328 g/mol. The van der Waals surface area contributed by atoms with Gasteiger partial charge in [-0.05, 0) is 39.5 Å². The zero-order valence-electron chi connectivity index (χ0n) is 10.0.